The van der Waals surface area contributed by atoms with E-state index in [1.165, 1.54) is 0 Å². The zero-order chi connectivity index (χ0) is 6.97. The molecule has 2 nitrogen and oxygen atoms in total. The zero-order valence-electron chi connectivity index (χ0n) is 5.82. The van der Waals surface area contributed by atoms with Crippen LogP contribution in [-0.2, 0) is 4.84 Å². The number of hydrogen-bond donors (Lipinski definition) is 0. The summed E-state index contributed by atoms with van der Waals surface area (Å²) < 4.78 is 0. The van der Waals surface area contributed by atoms with Crippen LogP contribution in [0.4, 0.5) is 0 Å². The molecule has 52 valence electrons. The predicted molar refractivity (Wildman–Crippen MR) is 39.8 cm³/mol. The van der Waals surface area contributed by atoms with Crippen molar-refractivity contribution < 1.29 is 4.84 Å². The molecular weight excluding hydrogens is 126 g/mol. The van der Waals surface area contributed by atoms with E-state index in [0.717, 1.165) is 5.71 Å². The molecule has 0 amide bonds. The number of nitrogens with zero attached hydrogens (tertiary/aromatic N) is 1. The summed E-state index contributed by atoms with van der Waals surface area (Å²) in [4.78, 5) is 5.12. The first-order valence-corrected chi connectivity index (χ1v) is 3.43. The van der Waals surface area contributed by atoms with Crippen LogP contribution in [0.1, 0.15) is 6.92 Å². The van der Waals surface area contributed by atoms with Crippen LogP contribution in [0.15, 0.2) is 29.5 Å². The maximum atomic E-state index is 5.12. The van der Waals surface area contributed by atoms with Crippen molar-refractivity contribution in [2.75, 3.05) is 0 Å². The summed E-state index contributed by atoms with van der Waals surface area (Å²) in [6.45, 7) is 1.99. The van der Waals surface area contributed by atoms with Crippen LogP contribution in [0, 0.1) is 5.92 Å². The lowest BCUT2D eigenvalue weighted by Crippen LogP contribution is -2.18. The van der Waals surface area contributed by atoms with E-state index in [0.29, 0.717) is 5.92 Å². The molecule has 0 saturated heterocycles. The first kappa shape index (κ1) is 5.71. The zero-order valence-corrected chi connectivity index (χ0v) is 5.82. The minimum atomic E-state index is 0.171. The quantitative estimate of drug-likeness (QED) is 0.493. The van der Waals surface area contributed by atoms with Gasteiger partial charge >= 0.3 is 0 Å². The first-order chi connectivity index (χ1) is 4.88. The molecule has 2 heteroatoms. The normalized spacial score (nSPS) is 35.1. The minimum Gasteiger partial charge on any atom is -0.387 e. The van der Waals surface area contributed by atoms with Crippen LogP contribution in [0.2, 0.25) is 0 Å². The lowest BCUT2D eigenvalue weighted by atomic mass is 9.95. The van der Waals surface area contributed by atoms with Crippen molar-refractivity contribution in [2.45, 2.75) is 13.0 Å². The summed E-state index contributed by atoms with van der Waals surface area (Å²) in [6, 6.07) is 0. The molecule has 1 aliphatic carbocycles. The maximum absolute atomic E-state index is 5.12. The summed E-state index contributed by atoms with van der Waals surface area (Å²) >= 11 is 0. The third-order valence-electron chi connectivity index (χ3n) is 1.89. The van der Waals surface area contributed by atoms with Crippen molar-refractivity contribution in [2.24, 2.45) is 11.1 Å². The summed E-state index contributed by atoms with van der Waals surface area (Å²) in [7, 11) is 0. The molecule has 10 heavy (non-hydrogen) atoms. The van der Waals surface area contributed by atoms with Crippen LogP contribution in [0.5, 0.6) is 0 Å². The van der Waals surface area contributed by atoms with E-state index in [9.17, 15) is 0 Å². The van der Waals surface area contributed by atoms with Gasteiger partial charge in [0.15, 0.2) is 6.10 Å². The van der Waals surface area contributed by atoms with Crippen molar-refractivity contribution in [3.8, 4) is 0 Å². The fourth-order valence-electron chi connectivity index (χ4n) is 1.27. The fraction of sp³-hybridized carbons (Fsp3) is 0.375. The molecule has 2 unspecified atom stereocenters. The molecule has 2 aliphatic rings. The van der Waals surface area contributed by atoms with Gasteiger partial charge in [-0.1, -0.05) is 23.4 Å². The minimum absolute atomic E-state index is 0.171. The Morgan fingerprint density at radius 2 is 2.20 bits per heavy atom. The Morgan fingerprint density at radius 1 is 1.40 bits per heavy atom. The lowest BCUT2D eigenvalue weighted by Gasteiger charge is -2.11. The van der Waals surface area contributed by atoms with Gasteiger partial charge in [0.05, 0.1) is 11.6 Å². The lowest BCUT2D eigenvalue weighted by molar-refractivity contribution is 0.105. The number of allylic oxidation sites excluding steroid dienone is 2. The molecule has 0 radical (unpaired) electrons. The van der Waals surface area contributed by atoms with Crippen LogP contribution >= 0.6 is 0 Å². The van der Waals surface area contributed by atoms with Crippen molar-refractivity contribution in [1.82, 2.24) is 0 Å². The number of hydrogen-bond acceptors (Lipinski definition) is 2. The van der Waals surface area contributed by atoms with E-state index < -0.39 is 0 Å². The molecule has 0 aromatic rings. The Hall–Kier alpha value is -1.05. The molecule has 0 N–H and O–H groups in total. The van der Waals surface area contributed by atoms with Gasteiger partial charge in [0.1, 0.15) is 0 Å². The molecule has 2 atom stereocenters. The SMILES string of the molecule is CC1=NOC2C=CC=CC12. The van der Waals surface area contributed by atoms with Gasteiger partial charge in [0.25, 0.3) is 0 Å². The van der Waals surface area contributed by atoms with Crippen LogP contribution in [0.3, 0.4) is 0 Å². The highest BCUT2D eigenvalue weighted by atomic mass is 16.6. The summed E-state index contributed by atoms with van der Waals surface area (Å²) in [5, 5.41) is 3.89. The van der Waals surface area contributed by atoms with Crippen LogP contribution in [0.25, 0.3) is 0 Å². The third kappa shape index (κ3) is 0.685. The number of fused-ring (bicyclic) bond motifs is 1. The Morgan fingerprint density at radius 3 is 3.00 bits per heavy atom. The molecule has 0 aromatic heterocycles. The monoisotopic (exact) mass is 135 g/mol. The number of oxime groups is 1. The molecule has 1 aliphatic heterocycles. The Kier molecular flexibility index (Phi) is 1.13. The average Bonchev–Trinajstić information content (AvgIpc) is 2.34. The topological polar surface area (TPSA) is 21.6 Å². The predicted octanol–water partition coefficient (Wildman–Crippen LogP) is 1.50. The standard InChI is InChI=1S/C8H9NO/c1-6-7-4-2-3-5-8(7)10-9-6/h2-5,7-8H,1H3. The van der Waals surface area contributed by atoms with Crippen molar-refractivity contribution in [3.63, 3.8) is 0 Å². The molecule has 0 fully saturated rings. The second kappa shape index (κ2) is 1.97. The van der Waals surface area contributed by atoms with E-state index in [1.54, 1.807) is 0 Å². The largest absolute Gasteiger partial charge is 0.387 e. The summed E-state index contributed by atoms with van der Waals surface area (Å²) in [6.07, 6.45) is 8.36. The second-order valence-electron chi connectivity index (χ2n) is 2.60. The van der Waals surface area contributed by atoms with Gasteiger partial charge in [0, 0.05) is 0 Å². The van der Waals surface area contributed by atoms with Gasteiger partial charge < -0.3 is 4.84 Å². The Balaban J connectivity index is 2.27. The molecule has 0 aromatic carbocycles. The highest BCUT2D eigenvalue weighted by Crippen LogP contribution is 2.23. The smallest absolute Gasteiger partial charge is 0.157 e. The highest BCUT2D eigenvalue weighted by molar-refractivity contribution is 5.87. The van der Waals surface area contributed by atoms with E-state index >= 15 is 0 Å². The maximum Gasteiger partial charge on any atom is 0.157 e. The van der Waals surface area contributed by atoms with E-state index in [1.807, 2.05) is 25.2 Å². The van der Waals surface area contributed by atoms with Gasteiger partial charge in [-0.25, -0.2) is 0 Å². The van der Waals surface area contributed by atoms with Gasteiger partial charge in [-0.05, 0) is 13.0 Å². The average molecular weight is 135 g/mol. The van der Waals surface area contributed by atoms with Crippen LogP contribution < -0.4 is 0 Å². The van der Waals surface area contributed by atoms with Crippen LogP contribution in [-0.4, -0.2) is 11.8 Å². The summed E-state index contributed by atoms with van der Waals surface area (Å²) in [5.41, 5.74) is 1.07. The van der Waals surface area contributed by atoms with Gasteiger partial charge in [0.2, 0.25) is 0 Å². The third-order valence-corrected chi connectivity index (χ3v) is 1.89. The molecule has 1 heterocycles. The number of rotatable bonds is 0. The molecule has 2 rings (SSSR count). The van der Waals surface area contributed by atoms with E-state index in [2.05, 4.69) is 11.2 Å². The van der Waals surface area contributed by atoms with Gasteiger partial charge in [-0.3, -0.25) is 0 Å². The van der Waals surface area contributed by atoms with Crippen molar-refractivity contribution in [1.29, 1.82) is 0 Å². The summed E-state index contributed by atoms with van der Waals surface area (Å²) in [5.74, 6) is 0.394. The van der Waals surface area contributed by atoms with Crippen molar-refractivity contribution in [3.05, 3.63) is 24.3 Å². The Labute approximate surface area is 59.9 Å². The second-order valence-corrected chi connectivity index (χ2v) is 2.60. The highest BCUT2D eigenvalue weighted by Gasteiger charge is 2.28. The molecule has 0 spiro atoms. The molecule has 0 saturated carbocycles. The fourth-order valence-corrected chi connectivity index (χ4v) is 1.27. The van der Waals surface area contributed by atoms with E-state index in [-0.39, 0.29) is 6.10 Å². The Bertz CT molecular complexity index is 227. The van der Waals surface area contributed by atoms with E-state index in [4.69, 9.17) is 4.84 Å². The van der Waals surface area contributed by atoms with Crippen molar-refractivity contribution >= 4 is 5.71 Å². The molecular formula is C8H9NO. The first-order valence-electron chi connectivity index (χ1n) is 3.43. The van der Waals surface area contributed by atoms with Gasteiger partial charge in [-0.15, -0.1) is 0 Å². The van der Waals surface area contributed by atoms with Gasteiger partial charge in [-0.2, -0.15) is 0 Å². The molecule has 0 bridgehead atoms.